The number of halogens is 1. The topological polar surface area (TPSA) is 90.9 Å². The predicted octanol–water partition coefficient (Wildman–Crippen LogP) is 2.34. The number of rotatable bonds is 6. The minimum absolute atomic E-state index is 0.190. The molecule has 3 heterocycles. The average molecular weight is 461 g/mol. The molecule has 1 saturated carbocycles. The van der Waals surface area contributed by atoms with Gasteiger partial charge in [0.25, 0.3) is 0 Å². The zero-order chi connectivity index (χ0) is 22.2. The highest BCUT2D eigenvalue weighted by atomic mass is 32.1. The third-order valence-corrected chi connectivity index (χ3v) is 7.09. The van der Waals surface area contributed by atoms with Crippen molar-refractivity contribution in [3.8, 4) is 0 Å². The van der Waals surface area contributed by atoms with Crippen LogP contribution in [0.5, 0.6) is 0 Å². The van der Waals surface area contributed by atoms with E-state index >= 15 is 0 Å². The number of cyclic esters (lactones) is 1. The molecule has 1 unspecified atom stereocenters. The fourth-order valence-corrected chi connectivity index (χ4v) is 5.07. The van der Waals surface area contributed by atoms with Crippen molar-refractivity contribution >= 4 is 39.8 Å². The van der Waals surface area contributed by atoms with Crippen LogP contribution in [0.1, 0.15) is 30.7 Å². The van der Waals surface area contributed by atoms with Gasteiger partial charge in [-0.3, -0.25) is 9.69 Å². The highest BCUT2D eigenvalue weighted by molar-refractivity contribution is 7.15. The molecule has 1 aromatic carbocycles. The molecule has 2 aromatic rings. The molecule has 1 aromatic heterocycles. The van der Waals surface area contributed by atoms with Crippen LogP contribution in [0.4, 0.5) is 25.7 Å². The van der Waals surface area contributed by atoms with Crippen LogP contribution in [0.15, 0.2) is 18.2 Å². The molecular formula is C21H25FN6O3S. The number of amides is 2. The summed E-state index contributed by atoms with van der Waals surface area (Å²) in [5, 5.41) is 13.4. The fourth-order valence-electron chi connectivity index (χ4n) is 4.00. The normalized spacial score (nSPS) is 21.1. The van der Waals surface area contributed by atoms with Crippen molar-refractivity contribution in [3.63, 3.8) is 0 Å². The number of carbonyl (C=O) groups is 2. The Kier molecular flexibility index (Phi) is 5.58. The molecule has 5 rings (SSSR count). The summed E-state index contributed by atoms with van der Waals surface area (Å²) in [6, 6.07) is 4.82. The standard InChI is InChI=1S/C21H25FN6O3S/c1-13(29)23-11-16-12-28(21(30)31-16)15-4-5-18(17(22)10-15)26-6-8-27(9-7-26)20-25-24-19(32-20)14-2-3-14/h4-5,10,14,16H,2-3,6-9,11-12H2,1H3,(H,23,29). The maximum atomic E-state index is 15.0. The first kappa shape index (κ1) is 20.9. The van der Waals surface area contributed by atoms with Crippen LogP contribution in [-0.4, -0.2) is 67.6 Å². The maximum Gasteiger partial charge on any atom is 0.414 e. The molecule has 3 fully saturated rings. The van der Waals surface area contributed by atoms with Gasteiger partial charge in [-0.25, -0.2) is 9.18 Å². The van der Waals surface area contributed by atoms with Crippen molar-refractivity contribution in [2.45, 2.75) is 31.8 Å². The first-order valence-corrected chi connectivity index (χ1v) is 11.6. The van der Waals surface area contributed by atoms with E-state index in [1.54, 1.807) is 23.5 Å². The van der Waals surface area contributed by atoms with Gasteiger partial charge in [-0.2, -0.15) is 0 Å². The number of carbonyl (C=O) groups excluding carboxylic acids is 2. The molecular weight excluding hydrogens is 435 g/mol. The van der Waals surface area contributed by atoms with Crippen LogP contribution in [0, 0.1) is 5.82 Å². The van der Waals surface area contributed by atoms with Gasteiger partial charge in [-0.15, -0.1) is 10.2 Å². The summed E-state index contributed by atoms with van der Waals surface area (Å²) in [6.07, 6.45) is 1.43. The summed E-state index contributed by atoms with van der Waals surface area (Å²) in [7, 11) is 0. The van der Waals surface area contributed by atoms with E-state index < -0.39 is 12.2 Å². The Morgan fingerprint density at radius 2 is 1.97 bits per heavy atom. The number of piperazine rings is 1. The van der Waals surface area contributed by atoms with Gasteiger partial charge in [0.05, 0.1) is 24.5 Å². The van der Waals surface area contributed by atoms with E-state index in [1.807, 2.05) is 4.90 Å². The van der Waals surface area contributed by atoms with Gasteiger partial charge in [0.2, 0.25) is 11.0 Å². The predicted molar refractivity (Wildman–Crippen MR) is 119 cm³/mol. The molecule has 0 bridgehead atoms. The summed E-state index contributed by atoms with van der Waals surface area (Å²) < 4.78 is 20.2. The van der Waals surface area contributed by atoms with Gasteiger partial charge in [-0.05, 0) is 31.0 Å². The lowest BCUT2D eigenvalue weighted by Crippen LogP contribution is -2.46. The van der Waals surface area contributed by atoms with Gasteiger partial charge in [-0.1, -0.05) is 11.3 Å². The van der Waals surface area contributed by atoms with E-state index in [-0.39, 0.29) is 24.8 Å². The molecule has 3 aliphatic rings. The summed E-state index contributed by atoms with van der Waals surface area (Å²) in [4.78, 5) is 28.9. The molecule has 0 spiro atoms. The van der Waals surface area contributed by atoms with Gasteiger partial charge in [0.15, 0.2) is 0 Å². The monoisotopic (exact) mass is 460 g/mol. The second-order valence-corrected chi connectivity index (χ2v) is 9.35. The smallest absolute Gasteiger partial charge is 0.414 e. The lowest BCUT2D eigenvalue weighted by Gasteiger charge is -2.36. The van der Waals surface area contributed by atoms with Crippen molar-refractivity contribution < 1.29 is 18.7 Å². The van der Waals surface area contributed by atoms with Crippen molar-refractivity contribution in [3.05, 3.63) is 29.0 Å². The molecule has 1 N–H and O–H groups in total. The Balaban J connectivity index is 1.20. The minimum Gasteiger partial charge on any atom is -0.442 e. The Hall–Kier alpha value is -2.95. The van der Waals surface area contributed by atoms with Gasteiger partial charge in [0.1, 0.15) is 16.9 Å². The molecule has 2 aliphatic heterocycles. The number of benzene rings is 1. The van der Waals surface area contributed by atoms with Crippen LogP contribution < -0.4 is 20.0 Å². The van der Waals surface area contributed by atoms with E-state index in [0.29, 0.717) is 30.4 Å². The van der Waals surface area contributed by atoms with Crippen LogP contribution in [0.2, 0.25) is 0 Å². The lowest BCUT2D eigenvalue weighted by atomic mass is 10.2. The Morgan fingerprint density at radius 1 is 1.22 bits per heavy atom. The van der Waals surface area contributed by atoms with Crippen LogP contribution in [0.25, 0.3) is 0 Å². The molecule has 11 heteroatoms. The van der Waals surface area contributed by atoms with Crippen LogP contribution >= 0.6 is 11.3 Å². The van der Waals surface area contributed by atoms with E-state index in [2.05, 4.69) is 20.4 Å². The van der Waals surface area contributed by atoms with Crippen molar-refractivity contribution in [1.82, 2.24) is 15.5 Å². The molecule has 2 amide bonds. The van der Waals surface area contributed by atoms with Crippen molar-refractivity contribution in [2.24, 2.45) is 0 Å². The molecule has 2 saturated heterocycles. The lowest BCUT2D eigenvalue weighted by molar-refractivity contribution is -0.119. The highest BCUT2D eigenvalue weighted by Crippen LogP contribution is 2.42. The average Bonchev–Trinajstić information content (AvgIpc) is 3.39. The van der Waals surface area contributed by atoms with E-state index in [4.69, 9.17) is 4.74 Å². The number of hydrogen-bond donors (Lipinski definition) is 1. The molecule has 32 heavy (non-hydrogen) atoms. The number of nitrogens with zero attached hydrogens (tertiary/aromatic N) is 5. The number of hydrogen-bond acceptors (Lipinski definition) is 8. The van der Waals surface area contributed by atoms with E-state index in [0.717, 1.165) is 23.2 Å². The Labute approximate surface area is 189 Å². The van der Waals surface area contributed by atoms with Crippen LogP contribution in [0.3, 0.4) is 0 Å². The quantitative estimate of drug-likeness (QED) is 0.708. The summed E-state index contributed by atoms with van der Waals surface area (Å²) >= 11 is 1.67. The van der Waals surface area contributed by atoms with Gasteiger partial charge in [0, 0.05) is 39.0 Å². The van der Waals surface area contributed by atoms with Gasteiger partial charge >= 0.3 is 6.09 Å². The Morgan fingerprint density at radius 3 is 2.66 bits per heavy atom. The molecule has 9 nitrogen and oxygen atoms in total. The van der Waals surface area contributed by atoms with Crippen molar-refractivity contribution in [2.75, 3.05) is 54.0 Å². The highest BCUT2D eigenvalue weighted by Gasteiger charge is 2.33. The SMILES string of the molecule is CC(=O)NCC1CN(c2ccc(N3CCN(c4nnc(C5CC5)s4)CC3)c(F)c2)C(=O)O1. The number of ether oxygens (including phenoxy) is 1. The summed E-state index contributed by atoms with van der Waals surface area (Å²) in [6.45, 7) is 4.77. The first-order valence-electron chi connectivity index (χ1n) is 10.8. The fraction of sp³-hybridized carbons (Fsp3) is 0.524. The number of aromatic nitrogens is 2. The third-order valence-electron chi connectivity index (χ3n) is 5.94. The minimum atomic E-state index is -0.538. The van der Waals surface area contributed by atoms with E-state index in [9.17, 15) is 14.0 Å². The zero-order valence-electron chi connectivity index (χ0n) is 17.8. The maximum absolute atomic E-state index is 15.0. The first-order chi connectivity index (χ1) is 15.5. The third kappa shape index (κ3) is 4.34. The van der Waals surface area contributed by atoms with Crippen LogP contribution in [-0.2, 0) is 9.53 Å². The van der Waals surface area contributed by atoms with Gasteiger partial charge < -0.3 is 19.9 Å². The number of nitrogens with one attached hydrogen (secondary N) is 1. The second-order valence-electron chi connectivity index (χ2n) is 8.36. The van der Waals surface area contributed by atoms with E-state index in [1.165, 1.54) is 30.7 Å². The summed E-state index contributed by atoms with van der Waals surface area (Å²) in [5.41, 5.74) is 0.966. The molecule has 170 valence electrons. The molecule has 0 radical (unpaired) electrons. The molecule has 1 aliphatic carbocycles. The Bertz CT molecular complexity index is 1020. The second kappa shape index (κ2) is 8.53. The number of anilines is 3. The zero-order valence-corrected chi connectivity index (χ0v) is 18.6. The molecule has 1 atom stereocenters. The van der Waals surface area contributed by atoms with Crippen molar-refractivity contribution in [1.29, 1.82) is 0 Å². The largest absolute Gasteiger partial charge is 0.442 e. The summed E-state index contributed by atoms with van der Waals surface area (Å²) in [5.74, 6) is 0.0363.